The number of fused-ring (bicyclic) bond motifs is 1. The summed E-state index contributed by atoms with van der Waals surface area (Å²) in [6.07, 6.45) is -4.72. The Bertz CT molecular complexity index is 580. The Morgan fingerprint density at radius 1 is 1.50 bits per heavy atom. The molecule has 0 saturated carbocycles. The number of carbonyl (C=O) groups excluding carboxylic acids is 1. The molecule has 0 saturated heterocycles. The molecule has 2 rings (SSSR count). The van der Waals surface area contributed by atoms with Crippen molar-refractivity contribution in [2.75, 3.05) is 6.61 Å². The topological polar surface area (TPSA) is 72.0 Å². The number of halogens is 3. The number of nitrogens with zero attached hydrogens (tertiary/aromatic N) is 1. The lowest BCUT2D eigenvalue weighted by Crippen LogP contribution is -2.26. The molecular formula is C12H13F3N2O3. The van der Waals surface area contributed by atoms with E-state index in [0.29, 0.717) is 6.42 Å². The fraction of sp³-hybridized carbons (Fsp3) is 0.583. The molecule has 1 aromatic heterocycles. The molecule has 1 heterocycles. The van der Waals surface area contributed by atoms with Crippen LogP contribution in [0.15, 0.2) is 4.79 Å². The third-order valence-corrected chi connectivity index (χ3v) is 3.13. The first-order chi connectivity index (χ1) is 9.30. The van der Waals surface area contributed by atoms with E-state index in [0.717, 1.165) is 0 Å². The predicted octanol–water partition coefficient (Wildman–Crippen LogP) is 1.77. The number of H-pyrrole nitrogens is 1. The third-order valence-electron chi connectivity index (χ3n) is 3.13. The highest BCUT2D eigenvalue weighted by atomic mass is 19.4. The summed E-state index contributed by atoms with van der Waals surface area (Å²) in [6.45, 7) is 1.53. The molecule has 1 N–H and O–H groups in total. The fourth-order valence-corrected chi connectivity index (χ4v) is 2.24. The van der Waals surface area contributed by atoms with E-state index in [2.05, 4.69) is 5.10 Å². The summed E-state index contributed by atoms with van der Waals surface area (Å²) in [5, 5.41) is 5.53. The SMILES string of the molecule is CC(=O)CCO[C@@H]1CCc2c1n[nH]c(=O)c2C(F)(F)F. The minimum Gasteiger partial charge on any atom is -0.371 e. The maximum Gasteiger partial charge on any atom is 0.422 e. The van der Waals surface area contributed by atoms with Crippen molar-refractivity contribution in [2.45, 2.75) is 38.5 Å². The minimum atomic E-state index is -4.71. The molecule has 0 unspecified atom stereocenters. The van der Waals surface area contributed by atoms with Gasteiger partial charge in [0, 0.05) is 6.42 Å². The van der Waals surface area contributed by atoms with Gasteiger partial charge in [-0.2, -0.15) is 18.3 Å². The van der Waals surface area contributed by atoms with Crippen LogP contribution in [0.1, 0.15) is 42.7 Å². The Kier molecular flexibility index (Phi) is 3.94. The quantitative estimate of drug-likeness (QED) is 0.917. The second-order valence-corrected chi connectivity index (χ2v) is 4.64. The number of nitrogens with one attached hydrogen (secondary N) is 1. The molecule has 20 heavy (non-hydrogen) atoms. The number of aromatic nitrogens is 2. The smallest absolute Gasteiger partial charge is 0.371 e. The monoisotopic (exact) mass is 290 g/mol. The normalized spacial score (nSPS) is 18.1. The number of rotatable bonds is 4. The van der Waals surface area contributed by atoms with Crippen LogP contribution in [0, 0.1) is 0 Å². The number of aromatic amines is 1. The van der Waals surface area contributed by atoms with Gasteiger partial charge in [0.2, 0.25) is 0 Å². The largest absolute Gasteiger partial charge is 0.422 e. The van der Waals surface area contributed by atoms with Crippen molar-refractivity contribution >= 4 is 5.78 Å². The van der Waals surface area contributed by atoms with Gasteiger partial charge in [0.1, 0.15) is 17.5 Å². The van der Waals surface area contributed by atoms with Gasteiger partial charge in [0.05, 0.1) is 12.3 Å². The number of hydrogen-bond acceptors (Lipinski definition) is 4. The van der Waals surface area contributed by atoms with E-state index in [1.54, 1.807) is 0 Å². The first-order valence-electron chi connectivity index (χ1n) is 6.10. The van der Waals surface area contributed by atoms with Gasteiger partial charge >= 0.3 is 6.18 Å². The molecule has 1 atom stereocenters. The molecular weight excluding hydrogens is 277 g/mol. The molecule has 0 radical (unpaired) electrons. The standard InChI is InChI=1S/C12H13F3N2O3/c1-6(18)4-5-20-8-3-2-7-9(12(13,14)15)11(19)17-16-10(7)8/h8H,2-5H2,1H3,(H,17,19)/t8-/m1/s1. The van der Waals surface area contributed by atoms with Crippen LogP contribution in [0.25, 0.3) is 0 Å². The Morgan fingerprint density at radius 2 is 2.20 bits per heavy atom. The van der Waals surface area contributed by atoms with Crippen molar-refractivity contribution < 1.29 is 22.7 Å². The zero-order chi connectivity index (χ0) is 14.9. The molecule has 1 aromatic rings. The first-order valence-corrected chi connectivity index (χ1v) is 6.10. The van der Waals surface area contributed by atoms with Crippen LogP contribution in [0.3, 0.4) is 0 Å². The summed E-state index contributed by atoms with van der Waals surface area (Å²) in [4.78, 5) is 22.1. The van der Waals surface area contributed by atoms with Gasteiger partial charge in [0.15, 0.2) is 0 Å². The summed E-state index contributed by atoms with van der Waals surface area (Å²) in [5.74, 6) is -0.0615. The Morgan fingerprint density at radius 3 is 2.80 bits per heavy atom. The maximum absolute atomic E-state index is 12.9. The second-order valence-electron chi connectivity index (χ2n) is 4.64. The van der Waals surface area contributed by atoms with Crippen LogP contribution in [0.4, 0.5) is 13.2 Å². The maximum atomic E-state index is 12.9. The van der Waals surface area contributed by atoms with Gasteiger partial charge in [-0.1, -0.05) is 0 Å². The molecule has 0 aromatic carbocycles. The summed E-state index contributed by atoms with van der Waals surface area (Å²) in [7, 11) is 0. The molecule has 1 aliphatic carbocycles. The van der Waals surface area contributed by atoms with E-state index < -0.39 is 23.4 Å². The Labute approximate surface area is 112 Å². The number of alkyl halides is 3. The Balaban J connectivity index is 2.26. The molecule has 0 bridgehead atoms. The van der Waals surface area contributed by atoms with Crippen molar-refractivity contribution in [3.05, 3.63) is 27.2 Å². The summed E-state index contributed by atoms with van der Waals surface area (Å²) >= 11 is 0. The van der Waals surface area contributed by atoms with E-state index in [9.17, 15) is 22.8 Å². The predicted molar refractivity (Wildman–Crippen MR) is 62.2 cm³/mol. The van der Waals surface area contributed by atoms with E-state index in [4.69, 9.17) is 4.74 Å². The lowest BCUT2D eigenvalue weighted by atomic mass is 10.1. The van der Waals surface area contributed by atoms with Gasteiger partial charge in [-0.25, -0.2) is 5.10 Å². The van der Waals surface area contributed by atoms with Crippen LogP contribution in [-0.2, 0) is 22.1 Å². The van der Waals surface area contributed by atoms with Gasteiger partial charge in [-0.05, 0) is 25.3 Å². The number of ketones is 1. The van der Waals surface area contributed by atoms with Gasteiger partial charge < -0.3 is 4.74 Å². The molecule has 8 heteroatoms. The molecule has 1 aliphatic rings. The summed E-state index contributed by atoms with van der Waals surface area (Å²) < 4.78 is 43.9. The Hall–Kier alpha value is -1.70. The van der Waals surface area contributed by atoms with Crippen LogP contribution in [0.2, 0.25) is 0 Å². The van der Waals surface area contributed by atoms with Gasteiger partial charge in [-0.15, -0.1) is 0 Å². The van der Waals surface area contributed by atoms with Gasteiger partial charge in [0.25, 0.3) is 5.56 Å². The summed E-state index contributed by atoms with van der Waals surface area (Å²) in [5.41, 5.74) is -2.42. The molecule has 0 spiro atoms. The zero-order valence-electron chi connectivity index (χ0n) is 10.7. The molecule has 0 fully saturated rings. The second kappa shape index (κ2) is 5.35. The van der Waals surface area contributed by atoms with E-state index in [1.165, 1.54) is 6.92 Å². The van der Waals surface area contributed by atoms with Gasteiger partial charge in [-0.3, -0.25) is 9.59 Å². The number of ether oxygens (including phenoxy) is 1. The third kappa shape index (κ3) is 2.90. The van der Waals surface area contributed by atoms with E-state index in [1.807, 2.05) is 5.10 Å². The summed E-state index contributed by atoms with van der Waals surface area (Å²) in [6, 6.07) is 0. The number of carbonyl (C=O) groups is 1. The number of Topliss-reactive ketones (excluding diaryl/α,β-unsaturated/α-hetero) is 1. The minimum absolute atomic E-state index is 0.0615. The van der Waals surface area contributed by atoms with Crippen LogP contribution in [-0.4, -0.2) is 22.6 Å². The van der Waals surface area contributed by atoms with E-state index >= 15 is 0 Å². The van der Waals surface area contributed by atoms with Crippen molar-refractivity contribution in [1.29, 1.82) is 0 Å². The highest BCUT2D eigenvalue weighted by molar-refractivity contribution is 5.75. The number of hydrogen-bond donors (Lipinski definition) is 1. The lowest BCUT2D eigenvalue weighted by molar-refractivity contribution is -0.139. The van der Waals surface area contributed by atoms with Crippen LogP contribution < -0.4 is 5.56 Å². The molecule has 0 amide bonds. The zero-order valence-corrected chi connectivity index (χ0v) is 10.7. The lowest BCUT2D eigenvalue weighted by Gasteiger charge is -2.13. The van der Waals surface area contributed by atoms with Crippen molar-refractivity contribution in [1.82, 2.24) is 10.2 Å². The fourth-order valence-electron chi connectivity index (χ4n) is 2.24. The van der Waals surface area contributed by atoms with Crippen LogP contribution >= 0.6 is 0 Å². The average Bonchev–Trinajstić information content (AvgIpc) is 2.69. The van der Waals surface area contributed by atoms with Crippen molar-refractivity contribution in [2.24, 2.45) is 0 Å². The highest BCUT2D eigenvalue weighted by Crippen LogP contribution is 2.38. The first kappa shape index (κ1) is 14.7. The average molecular weight is 290 g/mol. The van der Waals surface area contributed by atoms with Crippen molar-refractivity contribution in [3.8, 4) is 0 Å². The van der Waals surface area contributed by atoms with E-state index in [-0.39, 0.29) is 36.5 Å². The van der Waals surface area contributed by atoms with Crippen LogP contribution in [0.5, 0.6) is 0 Å². The molecule has 0 aliphatic heterocycles. The highest BCUT2D eigenvalue weighted by Gasteiger charge is 2.41. The molecule has 110 valence electrons. The molecule has 5 nitrogen and oxygen atoms in total. The van der Waals surface area contributed by atoms with Crippen molar-refractivity contribution in [3.63, 3.8) is 0 Å².